The van der Waals surface area contributed by atoms with E-state index in [1.165, 1.54) is 5.56 Å². The van der Waals surface area contributed by atoms with Crippen LogP contribution in [0.25, 0.3) is 0 Å². The molecular weight excluding hydrogens is 240 g/mol. The summed E-state index contributed by atoms with van der Waals surface area (Å²) in [5, 5.41) is 4.44. The highest BCUT2D eigenvalue weighted by atomic mass is 16.6. The van der Waals surface area contributed by atoms with Crippen LogP contribution < -0.4 is 5.32 Å². The van der Waals surface area contributed by atoms with Gasteiger partial charge in [0.05, 0.1) is 0 Å². The van der Waals surface area contributed by atoms with Gasteiger partial charge < -0.3 is 9.64 Å². The van der Waals surface area contributed by atoms with Crippen molar-refractivity contribution in [1.82, 2.24) is 10.2 Å². The molecule has 2 fully saturated rings. The summed E-state index contributed by atoms with van der Waals surface area (Å²) in [4.78, 5) is 13.8. The molecule has 1 aromatic rings. The molecule has 4 heteroatoms. The lowest BCUT2D eigenvalue weighted by Crippen LogP contribution is -2.35. The van der Waals surface area contributed by atoms with Gasteiger partial charge in [-0.1, -0.05) is 30.3 Å². The van der Waals surface area contributed by atoms with E-state index in [2.05, 4.69) is 17.4 Å². The zero-order valence-corrected chi connectivity index (χ0v) is 11.0. The van der Waals surface area contributed by atoms with Crippen LogP contribution in [0.5, 0.6) is 0 Å². The van der Waals surface area contributed by atoms with Gasteiger partial charge in [-0.25, -0.2) is 4.79 Å². The molecule has 1 aromatic carbocycles. The van der Waals surface area contributed by atoms with Gasteiger partial charge in [0, 0.05) is 25.6 Å². The van der Waals surface area contributed by atoms with Crippen LogP contribution in [0.2, 0.25) is 0 Å². The molecule has 2 saturated heterocycles. The maximum absolute atomic E-state index is 12.0. The molecule has 1 radical (unpaired) electrons. The summed E-state index contributed by atoms with van der Waals surface area (Å²) in [6, 6.07) is 10.2. The van der Waals surface area contributed by atoms with E-state index in [0.717, 1.165) is 38.9 Å². The zero-order chi connectivity index (χ0) is 13.1. The van der Waals surface area contributed by atoms with E-state index < -0.39 is 0 Å². The Morgan fingerprint density at radius 3 is 2.68 bits per heavy atom. The average molecular weight is 259 g/mol. The minimum atomic E-state index is -0.310. The molecule has 0 bridgehead atoms. The summed E-state index contributed by atoms with van der Waals surface area (Å²) in [7, 11) is 0. The second kappa shape index (κ2) is 5.61. The van der Waals surface area contributed by atoms with Gasteiger partial charge in [-0.3, -0.25) is 0 Å². The fraction of sp³-hybridized carbons (Fsp3) is 0.533. The molecule has 0 aliphatic carbocycles. The van der Waals surface area contributed by atoms with Gasteiger partial charge in [-0.2, -0.15) is 5.32 Å². The molecule has 2 atom stereocenters. The highest BCUT2D eigenvalue weighted by molar-refractivity contribution is 5.68. The Hall–Kier alpha value is -1.55. The Labute approximate surface area is 113 Å². The predicted octanol–water partition coefficient (Wildman–Crippen LogP) is 2.34. The Morgan fingerprint density at radius 2 is 1.95 bits per heavy atom. The van der Waals surface area contributed by atoms with Crippen LogP contribution in [0.4, 0.5) is 4.79 Å². The molecule has 2 aliphatic heterocycles. The number of carbonyl (C=O) groups excluding carboxylic acids is 1. The van der Waals surface area contributed by atoms with Crippen molar-refractivity contribution >= 4 is 6.09 Å². The first-order chi connectivity index (χ1) is 9.34. The molecule has 0 unspecified atom stereocenters. The third kappa shape index (κ3) is 2.73. The van der Waals surface area contributed by atoms with Crippen molar-refractivity contribution in [3.63, 3.8) is 0 Å². The van der Waals surface area contributed by atoms with E-state index in [9.17, 15) is 4.79 Å². The van der Waals surface area contributed by atoms with Gasteiger partial charge in [0.15, 0.2) is 6.23 Å². The van der Waals surface area contributed by atoms with Crippen molar-refractivity contribution < 1.29 is 9.53 Å². The quantitative estimate of drug-likeness (QED) is 0.818. The number of rotatable bonds is 2. The SMILES string of the molecule is O=C(O[C@H]1[N]CC[C@@H]1c1ccccc1)N1CCCC1. The molecular formula is C15H19N2O2. The highest BCUT2D eigenvalue weighted by Gasteiger charge is 2.34. The van der Waals surface area contributed by atoms with Crippen molar-refractivity contribution in [3.05, 3.63) is 35.9 Å². The Balaban J connectivity index is 1.65. The highest BCUT2D eigenvalue weighted by Crippen LogP contribution is 2.29. The molecule has 0 spiro atoms. The van der Waals surface area contributed by atoms with Gasteiger partial charge in [0.25, 0.3) is 0 Å². The molecule has 3 rings (SSSR count). The normalized spacial score (nSPS) is 26.6. The van der Waals surface area contributed by atoms with E-state index >= 15 is 0 Å². The van der Waals surface area contributed by atoms with Crippen molar-refractivity contribution in [2.24, 2.45) is 0 Å². The standard InChI is InChI=1S/C15H19N2O2/c18-15(17-10-4-5-11-17)19-14-13(8-9-16-14)12-6-2-1-3-7-12/h1-3,6-7,13-14H,4-5,8-11H2/t13-,14-/m1/s1. The van der Waals surface area contributed by atoms with E-state index in [1.54, 1.807) is 4.90 Å². The molecule has 0 N–H and O–H groups in total. The molecule has 19 heavy (non-hydrogen) atoms. The van der Waals surface area contributed by atoms with Crippen LogP contribution in [0.15, 0.2) is 30.3 Å². The van der Waals surface area contributed by atoms with Crippen molar-refractivity contribution in [2.75, 3.05) is 19.6 Å². The van der Waals surface area contributed by atoms with Gasteiger partial charge in [-0.05, 0) is 24.8 Å². The number of amides is 1. The molecule has 0 aromatic heterocycles. The van der Waals surface area contributed by atoms with E-state index in [-0.39, 0.29) is 18.2 Å². The molecule has 2 aliphatic rings. The summed E-state index contributed by atoms with van der Waals surface area (Å²) in [5.74, 6) is 0.216. The molecule has 2 heterocycles. The minimum absolute atomic E-state index is 0.200. The maximum Gasteiger partial charge on any atom is 0.411 e. The second-order valence-electron chi connectivity index (χ2n) is 5.18. The van der Waals surface area contributed by atoms with Crippen LogP contribution in [0.3, 0.4) is 0 Å². The van der Waals surface area contributed by atoms with Gasteiger partial charge in [0.2, 0.25) is 0 Å². The van der Waals surface area contributed by atoms with Crippen LogP contribution in [-0.2, 0) is 4.74 Å². The van der Waals surface area contributed by atoms with E-state index in [4.69, 9.17) is 4.74 Å². The second-order valence-corrected chi connectivity index (χ2v) is 5.18. The number of hydrogen-bond donors (Lipinski definition) is 0. The smallest absolute Gasteiger partial charge is 0.411 e. The van der Waals surface area contributed by atoms with Crippen molar-refractivity contribution in [2.45, 2.75) is 31.4 Å². The summed E-state index contributed by atoms with van der Waals surface area (Å²) >= 11 is 0. The van der Waals surface area contributed by atoms with E-state index in [1.807, 2.05) is 18.2 Å². The summed E-state index contributed by atoms with van der Waals surface area (Å²) in [6.07, 6.45) is 2.62. The third-order valence-electron chi connectivity index (χ3n) is 3.91. The van der Waals surface area contributed by atoms with Gasteiger partial charge in [-0.15, -0.1) is 0 Å². The van der Waals surface area contributed by atoms with Gasteiger partial charge >= 0.3 is 6.09 Å². The first kappa shape index (κ1) is 12.5. The average Bonchev–Trinajstić information content (AvgIpc) is 3.11. The lowest BCUT2D eigenvalue weighted by molar-refractivity contribution is 0.0523. The minimum Gasteiger partial charge on any atom is -0.428 e. The number of likely N-dealkylation sites (tertiary alicyclic amines) is 1. The first-order valence-electron chi connectivity index (χ1n) is 7.02. The maximum atomic E-state index is 12.0. The lowest BCUT2D eigenvalue weighted by Gasteiger charge is -2.22. The number of hydrogen-bond acceptors (Lipinski definition) is 2. The molecule has 0 saturated carbocycles. The number of benzene rings is 1. The fourth-order valence-electron chi connectivity index (χ4n) is 2.84. The van der Waals surface area contributed by atoms with Crippen molar-refractivity contribution in [1.29, 1.82) is 0 Å². The predicted molar refractivity (Wildman–Crippen MR) is 71.9 cm³/mol. The fourth-order valence-corrected chi connectivity index (χ4v) is 2.84. The first-order valence-corrected chi connectivity index (χ1v) is 7.02. The topological polar surface area (TPSA) is 43.6 Å². The summed E-state index contributed by atoms with van der Waals surface area (Å²) < 4.78 is 5.58. The van der Waals surface area contributed by atoms with Crippen molar-refractivity contribution in [3.8, 4) is 0 Å². The van der Waals surface area contributed by atoms with Crippen LogP contribution in [0.1, 0.15) is 30.7 Å². The van der Waals surface area contributed by atoms with Crippen LogP contribution in [-0.4, -0.2) is 36.9 Å². The van der Waals surface area contributed by atoms with Crippen LogP contribution >= 0.6 is 0 Å². The Kier molecular flexibility index (Phi) is 3.69. The number of carbonyl (C=O) groups is 1. The van der Waals surface area contributed by atoms with Crippen LogP contribution in [0, 0.1) is 0 Å². The Bertz CT molecular complexity index is 429. The molecule has 4 nitrogen and oxygen atoms in total. The molecule has 101 valence electrons. The number of nitrogens with zero attached hydrogens (tertiary/aromatic N) is 2. The monoisotopic (exact) mass is 259 g/mol. The third-order valence-corrected chi connectivity index (χ3v) is 3.91. The summed E-state index contributed by atoms with van der Waals surface area (Å²) in [5.41, 5.74) is 1.21. The zero-order valence-electron chi connectivity index (χ0n) is 11.0. The van der Waals surface area contributed by atoms with Gasteiger partial charge in [0.1, 0.15) is 0 Å². The van der Waals surface area contributed by atoms with E-state index in [0.29, 0.717) is 0 Å². The lowest BCUT2D eigenvalue weighted by atomic mass is 9.97. The number of ether oxygens (including phenoxy) is 1. The Morgan fingerprint density at radius 1 is 1.21 bits per heavy atom. The molecule has 1 amide bonds. The summed E-state index contributed by atoms with van der Waals surface area (Å²) in [6.45, 7) is 2.42. The largest absolute Gasteiger partial charge is 0.428 e.